The van der Waals surface area contributed by atoms with E-state index in [0.29, 0.717) is 0 Å². The van der Waals surface area contributed by atoms with Crippen LogP contribution < -0.4 is 0 Å². The van der Waals surface area contributed by atoms with Crippen molar-refractivity contribution in [2.24, 2.45) is 0 Å². The third-order valence-electron chi connectivity index (χ3n) is 0.977. The Labute approximate surface area is 57.6 Å². The van der Waals surface area contributed by atoms with Crippen molar-refractivity contribution >= 4 is 0 Å². The summed E-state index contributed by atoms with van der Waals surface area (Å²) in [6, 6.07) is 0. The van der Waals surface area contributed by atoms with Crippen molar-refractivity contribution in [1.82, 2.24) is 0 Å². The quantitative estimate of drug-likeness (QED) is 0.503. The van der Waals surface area contributed by atoms with Gasteiger partial charge in [0.25, 0.3) is 0 Å². The molecule has 0 atom stereocenters. The molecule has 0 aromatic heterocycles. The van der Waals surface area contributed by atoms with Crippen LogP contribution >= 0.6 is 0 Å². The molecular weight excluding hydrogens is 108 g/mol. The molecule has 0 heterocycles. The second-order valence-electron chi connectivity index (χ2n) is 1.80. The Balaban J connectivity index is 3.14. The molecule has 9 heavy (non-hydrogen) atoms. The average molecular weight is 122 g/mol. The lowest BCUT2D eigenvalue weighted by atomic mass is 10.3. The van der Waals surface area contributed by atoms with Crippen LogP contribution in [0.25, 0.3) is 0 Å². The maximum atomic E-state index is 3.61. The van der Waals surface area contributed by atoms with Crippen molar-refractivity contribution in [2.75, 3.05) is 0 Å². The number of hydrogen-bond acceptors (Lipinski definition) is 0. The number of allylic oxidation sites excluding steroid dienone is 5. The van der Waals surface area contributed by atoms with Crippen molar-refractivity contribution in [1.29, 1.82) is 0 Å². The fraction of sp³-hybridized carbons (Fsp3) is 0.333. The molecule has 50 valence electrons. The summed E-state index contributed by atoms with van der Waals surface area (Å²) in [5.74, 6) is 0. The Morgan fingerprint density at radius 1 is 1.11 bits per heavy atom. The first kappa shape index (κ1) is 8.22. The lowest BCUT2D eigenvalue weighted by Gasteiger charge is -1.78. The predicted octanol–water partition coefficient (Wildman–Crippen LogP) is 3.08. The van der Waals surface area contributed by atoms with Gasteiger partial charge in [0, 0.05) is 0 Å². The zero-order chi connectivity index (χ0) is 6.95. The summed E-state index contributed by atoms with van der Waals surface area (Å²) in [6.45, 7) is 5.64. The Morgan fingerprint density at radius 2 is 1.78 bits per heavy atom. The van der Waals surface area contributed by atoms with E-state index in [-0.39, 0.29) is 0 Å². The molecule has 0 N–H and O–H groups in total. The summed E-state index contributed by atoms with van der Waals surface area (Å²) < 4.78 is 0. The Kier molecular flexibility index (Phi) is 6.59. The van der Waals surface area contributed by atoms with Crippen LogP contribution in [0, 0.1) is 0 Å². The van der Waals surface area contributed by atoms with E-state index in [1.807, 2.05) is 13.0 Å². The highest BCUT2D eigenvalue weighted by atomic mass is 13.7. The summed E-state index contributed by atoms with van der Waals surface area (Å²) in [6.07, 6.45) is 12.4. The predicted molar refractivity (Wildman–Crippen MR) is 43.4 cm³/mol. The molecule has 0 saturated carbocycles. The smallest absolute Gasteiger partial charge is 0.0169 e. The van der Waals surface area contributed by atoms with E-state index in [4.69, 9.17) is 0 Å². The van der Waals surface area contributed by atoms with Gasteiger partial charge in [-0.25, -0.2) is 0 Å². The van der Waals surface area contributed by atoms with Gasteiger partial charge in [-0.1, -0.05) is 30.4 Å². The molecule has 0 saturated heterocycles. The van der Waals surface area contributed by atoms with Crippen LogP contribution in [0.1, 0.15) is 19.8 Å². The first-order valence-electron chi connectivity index (χ1n) is 3.29. The van der Waals surface area contributed by atoms with E-state index in [1.54, 1.807) is 0 Å². The van der Waals surface area contributed by atoms with Crippen molar-refractivity contribution in [3.8, 4) is 0 Å². The van der Waals surface area contributed by atoms with Crippen molar-refractivity contribution in [2.45, 2.75) is 19.8 Å². The molecule has 0 aliphatic heterocycles. The van der Waals surface area contributed by atoms with Crippen LogP contribution in [0.15, 0.2) is 37.0 Å². The van der Waals surface area contributed by atoms with Crippen LogP contribution in [0.5, 0.6) is 0 Å². The van der Waals surface area contributed by atoms with E-state index in [1.165, 1.54) is 0 Å². The summed E-state index contributed by atoms with van der Waals surface area (Å²) >= 11 is 0. The number of hydrogen-bond donors (Lipinski definition) is 0. The second kappa shape index (κ2) is 7.22. The largest absolute Gasteiger partial charge is 0.103 e. The standard InChI is InChI=1S/C9H14/c1-3-5-7-9-8-6-4-2/h3-4,6-7,9H,1,5,8H2,2H3/b6-4-,9-7-. The SMILES string of the molecule is C=CC/C=C\C/C=C\C. The molecular formula is C9H14. The molecule has 0 fully saturated rings. The van der Waals surface area contributed by atoms with Crippen LogP contribution in [-0.2, 0) is 0 Å². The molecule has 0 heteroatoms. The molecule has 0 aliphatic carbocycles. The molecule has 0 rings (SSSR count). The van der Waals surface area contributed by atoms with Crippen LogP contribution in [0.3, 0.4) is 0 Å². The fourth-order valence-electron chi connectivity index (χ4n) is 0.503. The second-order valence-corrected chi connectivity index (χ2v) is 1.80. The number of rotatable bonds is 4. The lowest BCUT2D eigenvalue weighted by Crippen LogP contribution is -1.57. The molecule has 0 spiro atoms. The highest BCUT2D eigenvalue weighted by Gasteiger charge is 1.67. The van der Waals surface area contributed by atoms with Gasteiger partial charge in [0.2, 0.25) is 0 Å². The van der Waals surface area contributed by atoms with E-state index in [2.05, 4.69) is 30.9 Å². The summed E-state index contributed by atoms with van der Waals surface area (Å²) in [5.41, 5.74) is 0. The zero-order valence-corrected chi connectivity index (χ0v) is 6.01. The zero-order valence-electron chi connectivity index (χ0n) is 6.01. The molecule has 0 nitrogen and oxygen atoms in total. The summed E-state index contributed by atoms with van der Waals surface area (Å²) in [4.78, 5) is 0. The summed E-state index contributed by atoms with van der Waals surface area (Å²) in [7, 11) is 0. The highest BCUT2D eigenvalue weighted by molar-refractivity contribution is 4.94. The minimum absolute atomic E-state index is 0.984. The molecule has 0 radical (unpaired) electrons. The third-order valence-corrected chi connectivity index (χ3v) is 0.977. The molecule has 0 aromatic carbocycles. The minimum atomic E-state index is 0.984. The van der Waals surface area contributed by atoms with Gasteiger partial charge >= 0.3 is 0 Å². The molecule has 0 bridgehead atoms. The fourth-order valence-corrected chi connectivity index (χ4v) is 0.503. The maximum absolute atomic E-state index is 3.61. The van der Waals surface area contributed by atoms with E-state index in [0.717, 1.165) is 12.8 Å². The van der Waals surface area contributed by atoms with E-state index < -0.39 is 0 Å². The van der Waals surface area contributed by atoms with E-state index in [9.17, 15) is 0 Å². The van der Waals surface area contributed by atoms with Gasteiger partial charge in [-0.2, -0.15) is 0 Å². The molecule has 0 aromatic rings. The van der Waals surface area contributed by atoms with Crippen LogP contribution in [0.4, 0.5) is 0 Å². The molecule has 0 aliphatic rings. The monoisotopic (exact) mass is 122 g/mol. The first-order valence-corrected chi connectivity index (χ1v) is 3.29. The third kappa shape index (κ3) is 7.22. The molecule has 0 unspecified atom stereocenters. The van der Waals surface area contributed by atoms with Crippen LogP contribution in [-0.4, -0.2) is 0 Å². The lowest BCUT2D eigenvalue weighted by molar-refractivity contribution is 1.31. The minimum Gasteiger partial charge on any atom is -0.103 e. The Hall–Kier alpha value is -0.780. The first-order chi connectivity index (χ1) is 4.41. The van der Waals surface area contributed by atoms with Crippen LogP contribution in [0.2, 0.25) is 0 Å². The van der Waals surface area contributed by atoms with E-state index >= 15 is 0 Å². The van der Waals surface area contributed by atoms with Gasteiger partial charge in [-0.05, 0) is 19.8 Å². The van der Waals surface area contributed by atoms with Gasteiger partial charge in [0.1, 0.15) is 0 Å². The van der Waals surface area contributed by atoms with Gasteiger partial charge in [-0.15, -0.1) is 6.58 Å². The average Bonchev–Trinajstić information content (AvgIpc) is 1.89. The molecule has 0 amide bonds. The van der Waals surface area contributed by atoms with Gasteiger partial charge in [0.05, 0.1) is 0 Å². The van der Waals surface area contributed by atoms with Gasteiger partial charge in [0.15, 0.2) is 0 Å². The Morgan fingerprint density at radius 3 is 2.33 bits per heavy atom. The highest BCUT2D eigenvalue weighted by Crippen LogP contribution is 1.88. The van der Waals surface area contributed by atoms with Crippen molar-refractivity contribution < 1.29 is 0 Å². The van der Waals surface area contributed by atoms with Crippen molar-refractivity contribution in [3.05, 3.63) is 37.0 Å². The topological polar surface area (TPSA) is 0 Å². The van der Waals surface area contributed by atoms with Gasteiger partial charge in [-0.3, -0.25) is 0 Å². The maximum Gasteiger partial charge on any atom is -0.0169 e. The summed E-state index contributed by atoms with van der Waals surface area (Å²) in [5, 5.41) is 0. The van der Waals surface area contributed by atoms with Gasteiger partial charge < -0.3 is 0 Å². The Bertz CT molecular complexity index is 107. The normalized spacial score (nSPS) is 11.2. The van der Waals surface area contributed by atoms with Crippen molar-refractivity contribution in [3.63, 3.8) is 0 Å².